The van der Waals surface area contributed by atoms with Gasteiger partial charge in [0.05, 0.1) is 11.6 Å². The molecular formula is C18H20ClNO4. The van der Waals surface area contributed by atoms with E-state index in [0.29, 0.717) is 26.1 Å². The van der Waals surface area contributed by atoms with E-state index in [4.69, 9.17) is 11.6 Å². The smallest absolute Gasteiger partial charge is 0.176 e. The normalized spacial score (nSPS) is 18.2. The molecule has 128 valence electrons. The monoisotopic (exact) mass is 349 g/mol. The number of aliphatic hydroxyl groups is 1. The van der Waals surface area contributed by atoms with Crippen LogP contribution in [0.15, 0.2) is 30.3 Å². The van der Waals surface area contributed by atoms with Gasteiger partial charge in [-0.05, 0) is 41.3 Å². The number of benzene rings is 2. The molecule has 0 fully saturated rings. The van der Waals surface area contributed by atoms with Gasteiger partial charge in [-0.15, -0.1) is 0 Å². The van der Waals surface area contributed by atoms with Gasteiger partial charge >= 0.3 is 0 Å². The van der Waals surface area contributed by atoms with Crippen LogP contribution in [0, 0.1) is 0 Å². The highest BCUT2D eigenvalue weighted by Crippen LogP contribution is 2.43. The number of nitrogens with zero attached hydrogens (tertiary/aromatic N) is 1. The van der Waals surface area contributed by atoms with Gasteiger partial charge in [0.15, 0.2) is 11.5 Å². The van der Waals surface area contributed by atoms with Crippen LogP contribution in [0.3, 0.4) is 0 Å². The predicted molar refractivity (Wildman–Crippen MR) is 92.0 cm³/mol. The molecule has 2 aromatic rings. The Hall–Kier alpha value is -1.95. The first kappa shape index (κ1) is 16.9. The first-order valence-electron chi connectivity index (χ1n) is 7.86. The third-order valence-corrected chi connectivity index (χ3v) is 4.97. The maximum absolute atomic E-state index is 10.00. The highest BCUT2D eigenvalue weighted by atomic mass is 35.5. The lowest BCUT2D eigenvalue weighted by Crippen LogP contribution is -2.31. The van der Waals surface area contributed by atoms with E-state index in [1.807, 2.05) is 12.1 Å². The van der Waals surface area contributed by atoms with Gasteiger partial charge in [-0.3, -0.25) is 4.90 Å². The van der Waals surface area contributed by atoms with Gasteiger partial charge < -0.3 is 20.4 Å². The lowest BCUT2D eigenvalue weighted by molar-refractivity contribution is 0.197. The fourth-order valence-corrected chi connectivity index (χ4v) is 3.60. The van der Waals surface area contributed by atoms with Crippen LogP contribution in [0.5, 0.6) is 17.2 Å². The molecule has 0 bridgehead atoms. The van der Waals surface area contributed by atoms with Crippen molar-refractivity contribution >= 4 is 11.6 Å². The summed E-state index contributed by atoms with van der Waals surface area (Å²) in [6, 6.07) is 8.49. The van der Waals surface area contributed by atoms with E-state index in [-0.39, 0.29) is 34.8 Å². The molecule has 1 aliphatic rings. The summed E-state index contributed by atoms with van der Waals surface area (Å²) in [5.74, 6) is -0.432. The minimum Gasteiger partial charge on any atom is -0.508 e. The zero-order chi connectivity index (χ0) is 17.3. The van der Waals surface area contributed by atoms with Crippen LogP contribution >= 0.6 is 11.6 Å². The van der Waals surface area contributed by atoms with Crippen LogP contribution < -0.4 is 0 Å². The van der Waals surface area contributed by atoms with E-state index >= 15 is 0 Å². The summed E-state index contributed by atoms with van der Waals surface area (Å²) in [6.45, 7) is 1.95. The molecule has 0 saturated heterocycles. The maximum Gasteiger partial charge on any atom is 0.176 e. The topological polar surface area (TPSA) is 84.2 Å². The quantitative estimate of drug-likeness (QED) is 0.640. The van der Waals surface area contributed by atoms with Crippen molar-refractivity contribution < 1.29 is 20.4 Å². The maximum atomic E-state index is 10.00. The Labute approximate surface area is 145 Å². The molecular weight excluding hydrogens is 330 g/mol. The lowest BCUT2D eigenvalue weighted by atomic mass is 9.87. The van der Waals surface area contributed by atoms with Crippen molar-refractivity contribution in [2.45, 2.75) is 12.3 Å². The second-order valence-corrected chi connectivity index (χ2v) is 6.42. The summed E-state index contributed by atoms with van der Waals surface area (Å²) in [4.78, 5) is 2.13. The SMILES string of the molecule is OCCN1CCc2c(cc(O)c(O)c2Cl)C(c2ccc(O)cc2)C1. The van der Waals surface area contributed by atoms with Crippen molar-refractivity contribution in [3.05, 3.63) is 52.0 Å². The van der Waals surface area contributed by atoms with Crippen LogP contribution in [0.25, 0.3) is 0 Å². The first-order chi connectivity index (χ1) is 11.5. The van der Waals surface area contributed by atoms with Gasteiger partial charge in [0.1, 0.15) is 5.75 Å². The zero-order valence-corrected chi connectivity index (χ0v) is 13.9. The molecule has 1 heterocycles. The number of aromatic hydroxyl groups is 3. The van der Waals surface area contributed by atoms with E-state index in [1.165, 1.54) is 0 Å². The zero-order valence-electron chi connectivity index (χ0n) is 13.1. The van der Waals surface area contributed by atoms with Crippen LogP contribution in [-0.2, 0) is 6.42 Å². The lowest BCUT2D eigenvalue weighted by Gasteiger charge is -2.25. The fraction of sp³-hybridized carbons (Fsp3) is 0.333. The van der Waals surface area contributed by atoms with Gasteiger partial charge in [-0.1, -0.05) is 23.7 Å². The number of fused-ring (bicyclic) bond motifs is 1. The fourth-order valence-electron chi connectivity index (χ4n) is 3.30. The molecule has 1 aliphatic heterocycles. The van der Waals surface area contributed by atoms with Gasteiger partial charge in [-0.2, -0.15) is 0 Å². The van der Waals surface area contributed by atoms with Gasteiger partial charge in [0.25, 0.3) is 0 Å². The summed E-state index contributed by atoms with van der Waals surface area (Å²) in [6.07, 6.45) is 0.622. The van der Waals surface area contributed by atoms with Crippen molar-refractivity contribution in [1.82, 2.24) is 4.90 Å². The molecule has 2 aromatic carbocycles. The standard InChI is InChI=1S/C18H20ClNO4/c19-17-13-5-6-20(7-8-21)10-15(11-1-3-12(22)4-2-11)14(13)9-16(23)18(17)24/h1-4,9,15,21-24H,5-8,10H2. The number of aliphatic hydroxyl groups excluding tert-OH is 1. The van der Waals surface area contributed by atoms with E-state index in [0.717, 1.165) is 16.7 Å². The number of phenolic OH excluding ortho intramolecular Hbond substituents is 3. The van der Waals surface area contributed by atoms with Crippen molar-refractivity contribution in [1.29, 1.82) is 0 Å². The third-order valence-electron chi connectivity index (χ3n) is 4.56. The Morgan fingerprint density at radius 3 is 2.50 bits per heavy atom. The number of hydrogen-bond acceptors (Lipinski definition) is 5. The molecule has 0 aromatic heterocycles. The van der Waals surface area contributed by atoms with Crippen molar-refractivity contribution in [3.63, 3.8) is 0 Å². The summed E-state index contributed by atoms with van der Waals surface area (Å²) in [5.41, 5.74) is 2.65. The van der Waals surface area contributed by atoms with Crippen LogP contribution in [0.4, 0.5) is 0 Å². The molecule has 0 amide bonds. The highest BCUT2D eigenvalue weighted by molar-refractivity contribution is 6.33. The van der Waals surface area contributed by atoms with Crippen molar-refractivity contribution in [2.75, 3.05) is 26.2 Å². The van der Waals surface area contributed by atoms with Crippen molar-refractivity contribution in [3.8, 4) is 17.2 Å². The van der Waals surface area contributed by atoms with Gasteiger partial charge in [-0.25, -0.2) is 0 Å². The molecule has 1 atom stereocenters. The minimum absolute atomic E-state index is 0.0584. The van der Waals surface area contributed by atoms with Crippen LogP contribution in [0.2, 0.25) is 5.02 Å². The molecule has 5 nitrogen and oxygen atoms in total. The van der Waals surface area contributed by atoms with Gasteiger partial charge in [0.2, 0.25) is 0 Å². The Morgan fingerprint density at radius 2 is 1.83 bits per heavy atom. The highest BCUT2D eigenvalue weighted by Gasteiger charge is 2.28. The molecule has 24 heavy (non-hydrogen) atoms. The van der Waals surface area contributed by atoms with E-state index < -0.39 is 0 Å². The molecule has 4 N–H and O–H groups in total. The number of halogens is 1. The molecule has 3 rings (SSSR count). The Balaban J connectivity index is 2.11. The predicted octanol–water partition coefficient (Wildman–Crippen LogP) is 2.44. The Morgan fingerprint density at radius 1 is 1.12 bits per heavy atom. The first-order valence-corrected chi connectivity index (χ1v) is 8.24. The van der Waals surface area contributed by atoms with Gasteiger partial charge in [0, 0.05) is 25.6 Å². The Bertz CT molecular complexity index is 733. The largest absolute Gasteiger partial charge is 0.508 e. The van der Waals surface area contributed by atoms with E-state index in [2.05, 4.69) is 4.90 Å². The number of β-amino-alcohol motifs (C(OH)–C–C–N with tert-alkyl or cyclic N) is 1. The van der Waals surface area contributed by atoms with E-state index in [9.17, 15) is 20.4 Å². The van der Waals surface area contributed by atoms with Crippen LogP contribution in [0.1, 0.15) is 22.6 Å². The molecule has 6 heteroatoms. The minimum atomic E-state index is -0.296. The second kappa shape index (κ2) is 6.89. The number of hydrogen-bond donors (Lipinski definition) is 4. The molecule has 0 saturated carbocycles. The van der Waals surface area contributed by atoms with Crippen molar-refractivity contribution in [2.24, 2.45) is 0 Å². The molecule has 0 aliphatic carbocycles. The van der Waals surface area contributed by atoms with E-state index in [1.54, 1.807) is 18.2 Å². The summed E-state index contributed by atoms with van der Waals surface area (Å²) in [5, 5.41) is 38.9. The number of phenols is 3. The molecule has 1 unspecified atom stereocenters. The van der Waals surface area contributed by atoms with Crippen LogP contribution in [-0.4, -0.2) is 51.6 Å². The summed E-state index contributed by atoms with van der Waals surface area (Å²) < 4.78 is 0. The molecule has 0 radical (unpaired) electrons. The number of rotatable bonds is 3. The molecule has 0 spiro atoms. The third kappa shape index (κ3) is 3.15. The summed E-state index contributed by atoms with van der Waals surface area (Å²) in [7, 11) is 0. The Kier molecular flexibility index (Phi) is 4.85. The second-order valence-electron chi connectivity index (χ2n) is 6.04. The average Bonchev–Trinajstić information content (AvgIpc) is 2.74. The average molecular weight is 350 g/mol. The summed E-state index contributed by atoms with van der Waals surface area (Å²) >= 11 is 6.27.